The molecule has 7 heteroatoms. The van der Waals surface area contributed by atoms with Crippen molar-refractivity contribution in [2.75, 3.05) is 13.2 Å². The van der Waals surface area contributed by atoms with E-state index in [9.17, 15) is 9.59 Å². The highest BCUT2D eigenvalue weighted by molar-refractivity contribution is 7.17. The minimum atomic E-state index is -0.395. The number of carbonyl (C=O) groups is 2. The van der Waals surface area contributed by atoms with Crippen molar-refractivity contribution < 1.29 is 14.3 Å². The molecule has 0 aliphatic rings. The van der Waals surface area contributed by atoms with E-state index in [0.29, 0.717) is 12.2 Å². The Kier molecular flexibility index (Phi) is 7.35. The van der Waals surface area contributed by atoms with Crippen molar-refractivity contribution in [3.8, 4) is 5.75 Å². The summed E-state index contributed by atoms with van der Waals surface area (Å²) in [6.07, 6.45) is 3.66. The van der Waals surface area contributed by atoms with E-state index in [2.05, 4.69) is 22.8 Å². The van der Waals surface area contributed by atoms with Gasteiger partial charge < -0.3 is 10.1 Å². The second kappa shape index (κ2) is 10.4. The van der Waals surface area contributed by atoms with Gasteiger partial charge in [0.05, 0.1) is 19.4 Å². The standard InChI is InChI=1S/C22H23N3O3S/c1-2-3-12-28-18-10-8-16(9-11-18)22(27)23-14-21(26)25-24-13-17-15-29-20-7-5-4-6-19(17)20/h4-11,13,15H,2-3,12,14H2,1H3,(H,23,27)(H,25,26). The van der Waals surface area contributed by atoms with Gasteiger partial charge in [0.15, 0.2) is 0 Å². The Bertz CT molecular complexity index is 996. The fraction of sp³-hybridized carbons (Fsp3) is 0.227. The number of carbonyl (C=O) groups excluding carboxylic acids is 2. The summed E-state index contributed by atoms with van der Waals surface area (Å²) in [5.74, 6) is 0.00440. The number of hydrogen-bond acceptors (Lipinski definition) is 5. The zero-order valence-electron chi connectivity index (χ0n) is 16.2. The third-order valence-corrected chi connectivity index (χ3v) is 5.18. The molecule has 1 heterocycles. The van der Waals surface area contributed by atoms with Crippen LogP contribution in [0.1, 0.15) is 35.7 Å². The summed E-state index contributed by atoms with van der Waals surface area (Å²) in [5, 5.41) is 9.63. The molecule has 2 amide bonds. The normalized spacial score (nSPS) is 10.9. The third kappa shape index (κ3) is 5.89. The highest BCUT2D eigenvalue weighted by atomic mass is 32.1. The molecule has 0 aliphatic carbocycles. The summed E-state index contributed by atoms with van der Waals surface area (Å²) in [7, 11) is 0. The molecule has 0 spiro atoms. The smallest absolute Gasteiger partial charge is 0.259 e. The second-order valence-electron chi connectivity index (χ2n) is 6.39. The summed E-state index contributed by atoms with van der Waals surface area (Å²) in [6, 6.07) is 14.8. The van der Waals surface area contributed by atoms with E-state index in [1.54, 1.807) is 41.8 Å². The molecule has 150 valence electrons. The molecule has 2 N–H and O–H groups in total. The Hall–Kier alpha value is -3.19. The molecule has 29 heavy (non-hydrogen) atoms. The van der Waals surface area contributed by atoms with Gasteiger partial charge in [-0.1, -0.05) is 31.5 Å². The van der Waals surface area contributed by atoms with Crippen molar-refractivity contribution >= 4 is 39.5 Å². The molecule has 0 saturated heterocycles. The van der Waals surface area contributed by atoms with Gasteiger partial charge in [-0.25, -0.2) is 5.43 Å². The zero-order valence-corrected chi connectivity index (χ0v) is 17.0. The molecule has 2 aromatic carbocycles. The van der Waals surface area contributed by atoms with Crippen LogP contribution in [0, 0.1) is 0 Å². The Balaban J connectivity index is 1.44. The molecule has 3 aromatic rings. The van der Waals surface area contributed by atoms with Gasteiger partial charge in [0, 0.05) is 26.6 Å². The van der Waals surface area contributed by atoms with Crippen molar-refractivity contribution in [3.05, 3.63) is 65.0 Å². The number of nitrogens with zero attached hydrogens (tertiary/aromatic N) is 1. The Morgan fingerprint density at radius 1 is 1.14 bits per heavy atom. The van der Waals surface area contributed by atoms with E-state index >= 15 is 0 Å². The largest absolute Gasteiger partial charge is 0.494 e. The lowest BCUT2D eigenvalue weighted by Gasteiger charge is -2.07. The quantitative estimate of drug-likeness (QED) is 0.319. The van der Waals surface area contributed by atoms with Gasteiger partial charge in [-0.15, -0.1) is 11.3 Å². The van der Waals surface area contributed by atoms with Gasteiger partial charge >= 0.3 is 0 Å². The van der Waals surface area contributed by atoms with Gasteiger partial charge in [0.1, 0.15) is 5.75 Å². The molecular formula is C22H23N3O3S. The number of amides is 2. The number of hydrogen-bond donors (Lipinski definition) is 2. The maximum Gasteiger partial charge on any atom is 0.259 e. The number of nitrogens with one attached hydrogen (secondary N) is 2. The highest BCUT2D eigenvalue weighted by Gasteiger charge is 2.08. The zero-order chi connectivity index (χ0) is 20.5. The second-order valence-corrected chi connectivity index (χ2v) is 7.30. The molecule has 3 rings (SSSR count). The lowest BCUT2D eigenvalue weighted by molar-refractivity contribution is -0.120. The molecular weight excluding hydrogens is 386 g/mol. The Labute approximate surface area is 173 Å². The van der Waals surface area contributed by atoms with Crippen LogP contribution in [-0.2, 0) is 4.79 Å². The molecule has 1 aromatic heterocycles. The van der Waals surface area contributed by atoms with Crippen molar-refractivity contribution in [3.63, 3.8) is 0 Å². The van der Waals surface area contributed by atoms with Crippen molar-refractivity contribution in [2.45, 2.75) is 19.8 Å². The number of rotatable bonds is 9. The Morgan fingerprint density at radius 3 is 2.72 bits per heavy atom. The van der Waals surface area contributed by atoms with Crippen molar-refractivity contribution in [2.24, 2.45) is 5.10 Å². The van der Waals surface area contributed by atoms with E-state index in [0.717, 1.165) is 34.2 Å². The van der Waals surface area contributed by atoms with Crippen LogP contribution in [0.25, 0.3) is 10.1 Å². The van der Waals surface area contributed by atoms with Crippen LogP contribution in [0.3, 0.4) is 0 Å². The van der Waals surface area contributed by atoms with E-state index in [1.165, 1.54) is 0 Å². The van der Waals surface area contributed by atoms with Gasteiger partial charge in [-0.05, 0) is 36.8 Å². The van der Waals surface area contributed by atoms with Crippen LogP contribution < -0.4 is 15.5 Å². The number of ether oxygens (including phenoxy) is 1. The van der Waals surface area contributed by atoms with Crippen LogP contribution in [-0.4, -0.2) is 31.2 Å². The summed E-state index contributed by atoms with van der Waals surface area (Å²) < 4.78 is 6.73. The number of hydrazone groups is 1. The molecule has 0 fully saturated rings. The van der Waals surface area contributed by atoms with Gasteiger partial charge in [-0.2, -0.15) is 5.10 Å². The fourth-order valence-corrected chi connectivity index (χ4v) is 3.52. The molecule has 0 radical (unpaired) electrons. The van der Waals surface area contributed by atoms with E-state index in [4.69, 9.17) is 4.74 Å². The topological polar surface area (TPSA) is 79.8 Å². The predicted octanol–water partition coefficient (Wildman–Crippen LogP) is 3.96. The molecule has 0 unspecified atom stereocenters. The van der Waals surface area contributed by atoms with E-state index in [-0.39, 0.29) is 12.5 Å². The lowest BCUT2D eigenvalue weighted by Crippen LogP contribution is -2.34. The third-order valence-electron chi connectivity index (χ3n) is 4.20. The summed E-state index contributed by atoms with van der Waals surface area (Å²) >= 11 is 1.62. The first-order valence-electron chi connectivity index (χ1n) is 9.46. The monoisotopic (exact) mass is 409 g/mol. The highest BCUT2D eigenvalue weighted by Crippen LogP contribution is 2.24. The number of fused-ring (bicyclic) bond motifs is 1. The average molecular weight is 410 g/mol. The maximum absolute atomic E-state index is 12.2. The van der Waals surface area contributed by atoms with Crippen LogP contribution in [0.2, 0.25) is 0 Å². The van der Waals surface area contributed by atoms with E-state index < -0.39 is 5.91 Å². The van der Waals surface area contributed by atoms with Crippen LogP contribution in [0.4, 0.5) is 0 Å². The first-order chi connectivity index (χ1) is 14.2. The minimum absolute atomic E-state index is 0.157. The number of unbranched alkanes of at least 4 members (excludes halogenated alkanes) is 1. The van der Waals surface area contributed by atoms with Crippen molar-refractivity contribution in [1.29, 1.82) is 0 Å². The average Bonchev–Trinajstić information content (AvgIpc) is 3.16. The van der Waals surface area contributed by atoms with Crippen LogP contribution in [0.15, 0.2) is 59.0 Å². The summed E-state index contributed by atoms with van der Waals surface area (Å²) in [4.78, 5) is 24.1. The fourth-order valence-electron chi connectivity index (χ4n) is 2.61. The Morgan fingerprint density at radius 2 is 1.93 bits per heavy atom. The summed E-state index contributed by atoms with van der Waals surface area (Å²) in [6.45, 7) is 2.60. The molecule has 0 aliphatic heterocycles. The van der Waals surface area contributed by atoms with E-state index in [1.807, 2.05) is 29.6 Å². The number of benzene rings is 2. The van der Waals surface area contributed by atoms with Crippen molar-refractivity contribution in [1.82, 2.24) is 10.7 Å². The molecule has 0 atom stereocenters. The van der Waals surface area contributed by atoms with Crippen LogP contribution >= 0.6 is 11.3 Å². The molecule has 0 saturated carbocycles. The molecule has 6 nitrogen and oxygen atoms in total. The molecule has 0 bridgehead atoms. The maximum atomic E-state index is 12.2. The summed E-state index contributed by atoms with van der Waals surface area (Å²) in [5.41, 5.74) is 3.84. The SMILES string of the molecule is CCCCOc1ccc(C(=O)NCC(=O)NN=Cc2csc3ccccc23)cc1. The van der Waals surface area contributed by atoms with Gasteiger partial charge in [0.2, 0.25) is 0 Å². The van der Waals surface area contributed by atoms with Crippen LogP contribution in [0.5, 0.6) is 5.75 Å². The first-order valence-corrected chi connectivity index (χ1v) is 10.3. The first kappa shape index (κ1) is 20.5. The number of thiophene rings is 1. The lowest BCUT2D eigenvalue weighted by atomic mass is 10.2. The predicted molar refractivity (Wildman–Crippen MR) is 117 cm³/mol. The van der Waals surface area contributed by atoms with Gasteiger partial charge in [-0.3, -0.25) is 9.59 Å². The minimum Gasteiger partial charge on any atom is -0.494 e. The van der Waals surface area contributed by atoms with Gasteiger partial charge in [0.25, 0.3) is 11.8 Å².